The van der Waals surface area contributed by atoms with Gasteiger partial charge in [-0.3, -0.25) is 14.4 Å². The van der Waals surface area contributed by atoms with Gasteiger partial charge in [0.05, 0.1) is 18.4 Å². The zero-order valence-electron chi connectivity index (χ0n) is 19.2. The van der Waals surface area contributed by atoms with E-state index in [0.717, 1.165) is 12.0 Å². The lowest BCUT2D eigenvalue weighted by atomic mass is 10.0. The van der Waals surface area contributed by atoms with Gasteiger partial charge >= 0.3 is 12.0 Å². The number of ether oxygens (including phenoxy) is 2. The number of amides is 3. The minimum absolute atomic E-state index is 0.0710. The second kappa shape index (κ2) is 10.6. The van der Waals surface area contributed by atoms with Crippen LogP contribution >= 0.6 is 0 Å². The van der Waals surface area contributed by atoms with Gasteiger partial charge in [0.15, 0.2) is 6.10 Å². The van der Waals surface area contributed by atoms with Gasteiger partial charge in [0.2, 0.25) is 0 Å². The largest absolute Gasteiger partial charge is 0.495 e. The molecule has 1 aliphatic heterocycles. The Hall–Kier alpha value is -3.60. The predicted octanol–water partition coefficient (Wildman–Crippen LogP) is 2.23. The fourth-order valence-electron chi connectivity index (χ4n) is 3.57. The van der Waals surface area contributed by atoms with Gasteiger partial charge in [-0.15, -0.1) is 0 Å². The lowest BCUT2D eigenvalue weighted by molar-refractivity contribution is -0.127. The minimum atomic E-state index is -4.07. The molecule has 2 aromatic rings. The Morgan fingerprint density at radius 2 is 1.88 bits per heavy atom. The summed E-state index contributed by atoms with van der Waals surface area (Å²) < 4.78 is 38.9. The number of benzene rings is 2. The molecule has 3 rings (SSSR count). The fraction of sp³-hybridized carbons (Fsp3) is 0.348. The van der Waals surface area contributed by atoms with E-state index in [9.17, 15) is 22.8 Å². The fourth-order valence-corrected chi connectivity index (χ4v) is 5.30. The molecule has 0 spiro atoms. The van der Waals surface area contributed by atoms with Gasteiger partial charge in [-0.2, -0.15) is 0 Å². The van der Waals surface area contributed by atoms with Crippen LogP contribution in [-0.4, -0.2) is 52.6 Å². The Kier molecular flexibility index (Phi) is 7.77. The summed E-state index contributed by atoms with van der Waals surface area (Å²) in [5.41, 5.74) is 1.42. The Morgan fingerprint density at radius 1 is 1.15 bits per heavy atom. The van der Waals surface area contributed by atoms with E-state index in [4.69, 9.17) is 9.47 Å². The van der Waals surface area contributed by atoms with Crippen molar-refractivity contribution in [2.24, 2.45) is 0 Å². The predicted molar refractivity (Wildman–Crippen MR) is 124 cm³/mol. The molecule has 0 unspecified atom stereocenters. The van der Waals surface area contributed by atoms with Crippen LogP contribution in [0.4, 0.5) is 10.5 Å². The number of fused-ring (bicyclic) bond motifs is 1. The molecule has 0 aliphatic carbocycles. The van der Waals surface area contributed by atoms with Crippen molar-refractivity contribution < 1.29 is 32.3 Å². The van der Waals surface area contributed by atoms with Gasteiger partial charge in [-0.05, 0) is 56.5 Å². The lowest BCUT2D eigenvalue weighted by Crippen LogP contribution is -2.44. The zero-order chi connectivity index (χ0) is 24.9. The van der Waals surface area contributed by atoms with E-state index in [1.807, 2.05) is 12.1 Å². The van der Waals surface area contributed by atoms with E-state index in [1.54, 1.807) is 19.1 Å². The van der Waals surface area contributed by atoms with Crippen LogP contribution in [-0.2, 0) is 26.0 Å². The number of aryl methyl sites for hydroxylation is 1. The van der Waals surface area contributed by atoms with Crippen molar-refractivity contribution in [2.45, 2.75) is 37.7 Å². The normalized spacial score (nSPS) is 13.9. The molecule has 0 bridgehead atoms. The number of methoxy groups -OCH3 is 1. The smallest absolute Gasteiger partial charge is 0.338 e. The van der Waals surface area contributed by atoms with Crippen LogP contribution < -0.4 is 19.7 Å². The number of hydrogen-bond donors (Lipinski definition) is 2. The number of para-hydroxylation sites is 1. The standard InChI is InChI=1S/C23H27N3O7S/c1-4-24-23(29)25-21(27)15(2)33-22(28)17-11-12-19(32-3)20(14-17)34(30,31)26-13-7-9-16-8-5-6-10-18(16)26/h5-6,8,10-12,14-15H,4,7,9,13H2,1-3H3,(H2,24,25,27,29)/t15-/m1/s1. The molecule has 2 N–H and O–H groups in total. The maximum atomic E-state index is 13.6. The summed E-state index contributed by atoms with van der Waals surface area (Å²) in [7, 11) is -2.74. The number of nitrogens with zero attached hydrogens (tertiary/aromatic N) is 1. The maximum absolute atomic E-state index is 13.6. The van der Waals surface area contributed by atoms with Gasteiger partial charge in [0, 0.05) is 13.1 Å². The Bertz CT molecular complexity index is 1200. The van der Waals surface area contributed by atoms with Crippen molar-refractivity contribution in [3.8, 4) is 5.75 Å². The molecule has 1 atom stereocenters. The summed E-state index contributed by atoms with van der Waals surface area (Å²) in [4.78, 5) is 36.1. The Balaban J connectivity index is 1.87. The van der Waals surface area contributed by atoms with E-state index >= 15 is 0 Å². The van der Waals surface area contributed by atoms with Crippen molar-refractivity contribution in [1.82, 2.24) is 10.6 Å². The maximum Gasteiger partial charge on any atom is 0.338 e. The number of carbonyl (C=O) groups excluding carboxylic acids is 3. The number of urea groups is 1. The minimum Gasteiger partial charge on any atom is -0.495 e. The van der Waals surface area contributed by atoms with Gasteiger partial charge < -0.3 is 14.8 Å². The molecule has 34 heavy (non-hydrogen) atoms. The molecule has 0 radical (unpaired) electrons. The highest BCUT2D eigenvalue weighted by molar-refractivity contribution is 7.93. The second-order valence-corrected chi connectivity index (χ2v) is 9.40. The SMILES string of the molecule is CCNC(=O)NC(=O)[C@@H](C)OC(=O)c1ccc(OC)c(S(=O)(=O)N2CCCc3ccccc32)c1. The van der Waals surface area contributed by atoms with Crippen LogP contribution in [0.1, 0.15) is 36.2 Å². The van der Waals surface area contributed by atoms with E-state index in [2.05, 4.69) is 10.6 Å². The molecule has 1 heterocycles. The average molecular weight is 490 g/mol. The van der Waals surface area contributed by atoms with Crippen LogP contribution in [0.5, 0.6) is 5.75 Å². The van der Waals surface area contributed by atoms with Crippen LogP contribution in [0.3, 0.4) is 0 Å². The third-order valence-electron chi connectivity index (χ3n) is 5.26. The van der Waals surface area contributed by atoms with Crippen LogP contribution in [0.2, 0.25) is 0 Å². The number of rotatable bonds is 7. The number of imide groups is 1. The van der Waals surface area contributed by atoms with Gasteiger partial charge in [-0.1, -0.05) is 18.2 Å². The van der Waals surface area contributed by atoms with Crippen LogP contribution in [0.15, 0.2) is 47.4 Å². The number of anilines is 1. The Labute approximate surface area is 198 Å². The molecule has 10 nitrogen and oxygen atoms in total. The summed E-state index contributed by atoms with van der Waals surface area (Å²) >= 11 is 0. The van der Waals surface area contributed by atoms with E-state index < -0.39 is 34.0 Å². The first-order valence-corrected chi connectivity index (χ1v) is 12.2. The monoisotopic (exact) mass is 489 g/mol. The van der Waals surface area contributed by atoms with Crippen molar-refractivity contribution in [2.75, 3.05) is 24.5 Å². The summed E-state index contributed by atoms with van der Waals surface area (Å²) in [5.74, 6) is -1.66. The van der Waals surface area contributed by atoms with E-state index in [0.29, 0.717) is 18.7 Å². The van der Waals surface area contributed by atoms with Gasteiger partial charge in [0.25, 0.3) is 15.9 Å². The molecule has 11 heteroatoms. The zero-order valence-corrected chi connectivity index (χ0v) is 20.0. The molecule has 0 saturated carbocycles. The molecule has 182 valence electrons. The van der Waals surface area contributed by atoms with Crippen molar-refractivity contribution in [3.63, 3.8) is 0 Å². The first-order chi connectivity index (χ1) is 16.2. The third kappa shape index (κ3) is 5.30. The van der Waals surface area contributed by atoms with Crippen molar-refractivity contribution in [3.05, 3.63) is 53.6 Å². The molecule has 0 fully saturated rings. The topological polar surface area (TPSA) is 131 Å². The molecular weight excluding hydrogens is 462 g/mol. The lowest BCUT2D eigenvalue weighted by Gasteiger charge is -2.31. The Morgan fingerprint density at radius 3 is 2.59 bits per heavy atom. The van der Waals surface area contributed by atoms with Crippen molar-refractivity contribution in [1.29, 1.82) is 0 Å². The molecular formula is C23H27N3O7S. The van der Waals surface area contributed by atoms with E-state index in [-0.39, 0.29) is 22.8 Å². The summed E-state index contributed by atoms with van der Waals surface area (Å²) in [6, 6.07) is 10.4. The highest BCUT2D eigenvalue weighted by Crippen LogP contribution is 2.35. The average Bonchev–Trinajstić information content (AvgIpc) is 2.83. The molecule has 3 amide bonds. The molecule has 1 aliphatic rings. The third-order valence-corrected chi connectivity index (χ3v) is 7.10. The highest BCUT2D eigenvalue weighted by atomic mass is 32.2. The second-order valence-electron chi connectivity index (χ2n) is 7.57. The number of esters is 1. The van der Waals surface area contributed by atoms with Crippen molar-refractivity contribution >= 4 is 33.6 Å². The van der Waals surface area contributed by atoms with Crippen LogP contribution in [0, 0.1) is 0 Å². The number of carbonyl (C=O) groups is 3. The van der Waals surface area contributed by atoms with E-state index in [1.165, 1.54) is 36.5 Å². The molecule has 0 saturated heterocycles. The number of hydrogen-bond acceptors (Lipinski definition) is 7. The quantitative estimate of drug-likeness (QED) is 0.570. The first kappa shape index (κ1) is 25.0. The summed E-state index contributed by atoms with van der Waals surface area (Å²) in [5, 5.41) is 4.45. The van der Waals surface area contributed by atoms with Gasteiger partial charge in [-0.25, -0.2) is 18.0 Å². The van der Waals surface area contributed by atoms with Crippen LogP contribution in [0.25, 0.3) is 0 Å². The highest BCUT2D eigenvalue weighted by Gasteiger charge is 2.32. The number of nitrogens with one attached hydrogen (secondary N) is 2. The first-order valence-electron chi connectivity index (χ1n) is 10.8. The number of sulfonamides is 1. The molecule has 2 aromatic carbocycles. The molecule has 0 aromatic heterocycles. The summed E-state index contributed by atoms with van der Waals surface area (Å²) in [6.45, 7) is 3.59. The van der Waals surface area contributed by atoms with Gasteiger partial charge in [0.1, 0.15) is 10.6 Å². The summed E-state index contributed by atoms with van der Waals surface area (Å²) in [6.07, 6.45) is 0.131.